The molecule has 0 aromatic carbocycles. The molecular weight excluding hydrogens is 218 g/mol. The Balaban J connectivity index is 1.89. The number of Topliss-reactive ketones (excluding diaryl/α,β-unsaturated/α-hetero) is 1. The minimum Gasteiger partial charge on any atom is -0.381 e. The molecule has 0 unspecified atom stereocenters. The van der Waals surface area contributed by atoms with Gasteiger partial charge in [-0.15, -0.1) is 0 Å². The van der Waals surface area contributed by atoms with Crippen LogP contribution in [0.1, 0.15) is 29.8 Å². The molecule has 1 aliphatic heterocycles. The van der Waals surface area contributed by atoms with Gasteiger partial charge in [-0.2, -0.15) is 0 Å². The highest BCUT2D eigenvalue weighted by atomic mass is 16.5. The van der Waals surface area contributed by atoms with Gasteiger partial charge in [-0.05, 0) is 18.8 Å². The maximum absolute atomic E-state index is 12.0. The van der Waals surface area contributed by atoms with Crippen molar-refractivity contribution in [3.63, 3.8) is 0 Å². The molecule has 0 amide bonds. The van der Waals surface area contributed by atoms with Gasteiger partial charge < -0.3 is 15.0 Å². The normalized spacial score (nSPS) is 17.2. The molecule has 94 valence electrons. The van der Waals surface area contributed by atoms with E-state index in [1.165, 1.54) is 0 Å². The minimum atomic E-state index is 0.132. The molecule has 17 heavy (non-hydrogen) atoms. The fraction of sp³-hybridized carbons (Fsp3) is 0.667. The van der Waals surface area contributed by atoms with Crippen molar-refractivity contribution in [2.45, 2.75) is 25.8 Å². The van der Waals surface area contributed by atoms with Crippen molar-refractivity contribution in [1.29, 1.82) is 0 Å². The number of ketones is 1. The van der Waals surface area contributed by atoms with Crippen molar-refractivity contribution < 1.29 is 9.53 Å². The van der Waals surface area contributed by atoms with Crippen LogP contribution in [-0.2, 0) is 11.3 Å². The number of imidazole rings is 1. The molecule has 2 heterocycles. The highest BCUT2D eigenvalue weighted by molar-refractivity contribution is 5.94. The molecule has 0 aliphatic carbocycles. The largest absolute Gasteiger partial charge is 0.381 e. The minimum absolute atomic E-state index is 0.132. The smallest absolute Gasteiger partial charge is 0.183 e. The molecule has 1 saturated heterocycles. The number of aromatic nitrogens is 2. The van der Waals surface area contributed by atoms with Crippen LogP contribution in [0.2, 0.25) is 0 Å². The van der Waals surface area contributed by atoms with E-state index < -0.39 is 0 Å². The molecule has 1 aromatic rings. The summed E-state index contributed by atoms with van der Waals surface area (Å²) in [6, 6.07) is 0. The van der Waals surface area contributed by atoms with Crippen molar-refractivity contribution in [2.75, 3.05) is 19.8 Å². The highest BCUT2D eigenvalue weighted by Gasteiger charge is 2.19. The van der Waals surface area contributed by atoms with Crippen molar-refractivity contribution in [1.82, 2.24) is 9.55 Å². The standard InChI is InChI=1S/C12H19N3O2/c13-3-4-15-8-11(14-9-15)12(16)7-10-1-5-17-6-2-10/h8-10H,1-7,13H2. The van der Waals surface area contributed by atoms with E-state index in [4.69, 9.17) is 10.5 Å². The number of carbonyl (C=O) groups excluding carboxylic acids is 1. The Kier molecular flexibility index (Phi) is 4.28. The topological polar surface area (TPSA) is 70.1 Å². The molecule has 5 nitrogen and oxygen atoms in total. The Morgan fingerprint density at radius 2 is 2.29 bits per heavy atom. The third-order valence-corrected chi connectivity index (χ3v) is 3.12. The third kappa shape index (κ3) is 3.38. The number of ether oxygens (including phenoxy) is 1. The van der Waals surface area contributed by atoms with Crippen LogP contribution in [0.25, 0.3) is 0 Å². The van der Waals surface area contributed by atoms with Crippen molar-refractivity contribution in [2.24, 2.45) is 11.7 Å². The first-order chi connectivity index (χ1) is 8.29. The van der Waals surface area contributed by atoms with Gasteiger partial charge in [0.15, 0.2) is 5.78 Å². The van der Waals surface area contributed by atoms with E-state index in [1.54, 1.807) is 12.5 Å². The molecule has 0 radical (unpaired) electrons. The Morgan fingerprint density at radius 3 is 3.00 bits per heavy atom. The van der Waals surface area contributed by atoms with E-state index in [-0.39, 0.29) is 5.78 Å². The van der Waals surface area contributed by atoms with Gasteiger partial charge in [0.25, 0.3) is 0 Å². The van der Waals surface area contributed by atoms with Gasteiger partial charge in [-0.1, -0.05) is 0 Å². The van der Waals surface area contributed by atoms with E-state index >= 15 is 0 Å². The van der Waals surface area contributed by atoms with Crippen molar-refractivity contribution in [3.05, 3.63) is 18.2 Å². The van der Waals surface area contributed by atoms with Gasteiger partial charge in [0.05, 0.1) is 6.33 Å². The summed E-state index contributed by atoms with van der Waals surface area (Å²) in [5, 5.41) is 0. The second-order valence-electron chi connectivity index (χ2n) is 4.47. The molecule has 0 spiro atoms. The van der Waals surface area contributed by atoms with Crippen LogP contribution in [0.3, 0.4) is 0 Å². The second kappa shape index (κ2) is 5.93. The van der Waals surface area contributed by atoms with Gasteiger partial charge in [0.1, 0.15) is 5.69 Å². The average molecular weight is 237 g/mol. The predicted octanol–water partition coefficient (Wildman–Crippen LogP) is 0.841. The lowest BCUT2D eigenvalue weighted by Gasteiger charge is -2.20. The first-order valence-corrected chi connectivity index (χ1v) is 6.12. The lowest BCUT2D eigenvalue weighted by molar-refractivity contribution is 0.0599. The molecule has 1 fully saturated rings. The number of hydrogen-bond acceptors (Lipinski definition) is 4. The zero-order chi connectivity index (χ0) is 12.1. The summed E-state index contributed by atoms with van der Waals surface area (Å²) >= 11 is 0. The average Bonchev–Trinajstić information content (AvgIpc) is 2.79. The lowest BCUT2D eigenvalue weighted by atomic mass is 9.94. The maximum Gasteiger partial charge on any atom is 0.183 e. The summed E-state index contributed by atoms with van der Waals surface area (Å²) in [5.74, 6) is 0.587. The van der Waals surface area contributed by atoms with E-state index in [9.17, 15) is 4.79 Å². The first kappa shape index (κ1) is 12.3. The highest BCUT2D eigenvalue weighted by Crippen LogP contribution is 2.20. The number of rotatable bonds is 5. The van der Waals surface area contributed by atoms with Gasteiger partial charge in [0, 0.05) is 38.9 Å². The molecule has 0 saturated carbocycles. The summed E-state index contributed by atoms with van der Waals surface area (Å²) in [6.07, 6.45) is 6.01. The van der Waals surface area contributed by atoms with Crippen LogP contribution in [0.5, 0.6) is 0 Å². The summed E-state index contributed by atoms with van der Waals surface area (Å²) in [7, 11) is 0. The van der Waals surface area contributed by atoms with E-state index in [1.807, 2.05) is 4.57 Å². The fourth-order valence-electron chi connectivity index (χ4n) is 2.09. The number of nitrogens with zero attached hydrogens (tertiary/aromatic N) is 2. The van der Waals surface area contributed by atoms with Crippen LogP contribution in [-0.4, -0.2) is 35.1 Å². The number of nitrogens with two attached hydrogens (primary N) is 1. The van der Waals surface area contributed by atoms with Crippen LogP contribution < -0.4 is 5.73 Å². The second-order valence-corrected chi connectivity index (χ2v) is 4.47. The van der Waals surface area contributed by atoms with Gasteiger partial charge in [-0.25, -0.2) is 4.98 Å². The van der Waals surface area contributed by atoms with Crippen LogP contribution in [0.4, 0.5) is 0 Å². The molecule has 2 N–H and O–H groups in total. The van der Waals surface area contributed by atoms with E-state index in [0.29, 0.717) is 31.1 Å². The molecule has 1 aromatic heterocycles. The number of hydrogen-bond donors (Lipinski definition) is 1. The Bertz CT molecular complexity index is 370. The number of carbonyl (C=O) groups is 1. The predicted molar refractivity (Wildman–Crippen MR) is 63.8 cm³/mol. The van der Waals surface area contributed by atoms with Gasteiger partial charge in [-0.3, -0.25) is 4.79 Å². The van der Waals surface area contributed by atoms with Gasteiger partial charge >= 0.3 is 0 Å². The summed E-state index contributed by atoms with van der Waals surface area (Å²) in [6.45, 7) is 2.82. The van der Waals surface area contributed by atoms with Crippen LogP contribution in [0, 0.1) is 5.92 Å². The zero-order valence-electron chi connectivity index (χ0n) is 9.97. The van der Waals surface area contributed by atoms with Crippen LogP contribution in [0.15, 0.2) is 12.5 Å². The van der Waals surface area contributed by atoms with Crippen molar-refractivity contribution in [3.8, 4) is 0 Å². The molecule has 2 rings (SSSR count). The molecule has 5 heteroatoms. The summed E-state index contributed by atoms with van der Waals surface area (Å²) < 4.78 is 7.14. The Hall–Kier alpha value is -1.20. The lowest BCUT2D eigenvalue weighted by Crippen LogP contribution is -2.19. The maximum atomic E-state index is 12.0. The molecule has 0 bridgehead atoms. The summed E-state index contributed by atoms with van der Waals surface area (Å²) in [5.41, 5.74) is 6.01. The monoisotopic (exact) mass is 237 g/mol. The first-order valence-electron chi connectivity index (χ1n) is 6.12. The quantitative estimate of drug-likeness (QED) is 0.770. The third-order valence-electron chi connectivity index (χ3n) is 3.12. The van der Waals surface area contributed by atoms with Crippen molar-refractivity contribution >= 4 is 5.78 Å². The SMILES string of the molecule is NCCn1cnc(C(=O)CC2CCOCC2)c1. The molecular formula is C12H19N3O2. The Labute approximate surface area is 101 Å². The zero-order valence-corrected chi connectivity index (χ0v) is 9.97. The Morgan fingerprint density at radius 1 is 1.53 bits per heavy atom. The van der Waals surface area contributed by atoms with E-state index in [2.05, 4.69) is 4.98 Å². The van der Waals surface area contributed by atoms with E-state index in [0.717, 1.165) is 26.1 Å². The van der Waals surface area contributed by atoms with Crippen LogP contribution >= 0.6 is 0 Å². The van der Waals surface area contributed by atoms with Gasteiger partial charge in [0.2, 0.25) is 0 Å². The fourth-order valence-corrected chi connectivity index (χ4v) is 2.09. The molecule has 1 aliphatic rings. The molecule has 0 atom stereocenters. The summed E-state index contributed by atoms with van der Waals surface area (Å²) in [4.78, 5) is 16.1.